The van der Waals surface area contributed by atoms with Gasteiger partial charge in [-0.05, 0) is 40.9 Å². The van der Waals surface area contributed by atoms with Gasteiger partial charge in [-0.15, -0.1) is 12.4 Å². The number of Topliss-reactive ketones (excluding diaryl/α,β-unsaturated/α-hetero) is 1. The molecule has 8 heteroatoms. The quantitative estimate of drug-likeness (QED) is 0.610. The standard InChI is InChI=1S/C13H14BrF3N2O.ClH/c14-10-5-7(4-9(12(10)18)13(15,16)17)11(20)6-19-8-2-1-3-8;/h4-5,8,19H,1-3,6,18H2;1H. The Bertz CT molecular complexity index is 533. The first-order valence-corrected chi connectivity index (χ1v) is 7.01. The van der Waals surface area contributed by atoms with E-state index in [-0.39, 0.29) is 34.8 Å². The maximum absolute atomic E-state index is 12.8. The molecule has 0 saturated heterocycles. The summed E-state index contributed by atoms with van der Waals surface area (Å²) in [5.41, 5.74) is 4.01. The Kier molecular flexibility index (Phi) is 6.07. The van der Waals surface area contributed by atoms with Crippen LogP contribution in [0.2, 0.25) is 0 Å². The number of hydrogen-bond acceptors (Lipinski definition) is 3. The van der Waals surface area contributed by atoms with Gasteiger partial charge in [0.25, 0.3) is 0 Å². The third kappa shape index (κ3) is 4.34. The molecule has 0 aliphatic heterocycles. The van der Waals surface area contributed by atoms with Crippen molar-refractivity contribution in [2.45, 2.75) is 31.5 Å². The molecule has 3 N–H and O–H groups in total. The lowest BCUT2D eigenvalue weighted by Gasteiger charge is -2.26. The molecule has 0 aromatic heterocycles. The number of rotatable bonds is 4. The largest absolute Gasteiger partial charge is 0.418 e. The van der Waals surface area contributed by atoms with Gasteiger partial charge in [0.2, 0.25) is 0 Å². The summed E-state index contributed by atoms with van der Waals surface area (Å²) in [5, 5.41) is 3.03. The molecule has 0 unspecified atom stereocenters. The number of hydrogen-bond donors (Lipinski definition) is 2. The molecule has 1 saturated carbocycles. The van der Waals surface area contributed by atoms with Gasteiger partial charge in [-0.2, -0.15) is 13.2 Å². The van der Waals surface area contributed by atoms with Crippen molar-refractivity contribution >= 4 is 39.8 Å². The molecule has 0 spiro atoms. The van der Waals surface area contributed by atoms with Crippen LogP contribution in [0.15, 0.2) is 16.6 Å². The van der Waals surface area contributed by atoms with Crippen LogP contribution in [0, 0.1) is 0 Å². The lowest BCUT2D eigenvalue weighted by atomic mass is 9.93. The van der Waals surface area contributed by atoms with E-state index < -0.39 is 17.4 Å². The molecule has 1 aliphatic carbocycles. The zero-order valence-electron chi connectivity index (χ0n) is 11.0. The number of nitrogens with two attached hydrogens (primary N) is 1. The van der Waals surface area contributed by atoms with Crippen LogP contribution in [0.1, 0.15) is 35.2 Å². The first-order valence-electron chi connectivity index (χ1n) is 6.22. The van der Waals surface area contributed by atoms with Crippen molar-refractivity contribution in [2.75, 3.05) is 12.3 Å². The third-order valence-electron chi connectivity index (χ3n) is 3.41. The van der Waals surface area contributed by atoms with E-state index in [0.29, 0.717) is 6.04 Å². The molecule has 1 aromatic rings. The van der Waals surface area contributed by atoms with E-state index in [9.17, 15) is 18.0 Å². The molecule has 0 heterocycles. The number of nitrogen functional groups attached to an aromatic ring is 1. The van der Waals surface area contributed by atoms with Gasteiger partial charge in [0.15, 0.2) is 5.78 Å². The summed E-state index contributed by atoms with van der Waals surface area (Å²) >= 11 is 2.96. The highest BCUT2D eigenvalue weighted by molar-refractivity contribution is 9.10. The molecule has 0 atom stereocenters. The molecule has 21 heavy (non-hydrogen) atoms. The van der Waals surface area contributed by atoms with Crippen molar-refractivity contribution in [2.24, 2.45) is 0 Å². The van der Waals surface area contributed by atoms with Crippen LogP contribution in [0.4, 0.5) is 18.9 Å². The molecule has 118 valence electrons. The van der Waals surface area contributed by atoms with E-state index in [2.05, 4.69) is 21.2 Å². The molecule has 3 nitrogen and oxygen atoms in total. The smallest absolute Gasteiger partial charge is 0.397 e. The van der Waals surface area contributed by atoms with Gasteiger partial charge in [0, 0.05) is 16.1 Å². The molecule has 0 radical (unpaired) electrons. The molecule has 1 aliphatic rings. The second-order valence-electron chi connectivity index (χ2n) is 4.85. The highest BCUT2D eigenvalue weighted by atomic mass is 79.9. The molecule has 0 amide bonds. The van der Waals surface area contributed by atoms with E-state index in [0.717, 1.165) is 25.3 Å². The number of ketones is 1. The molecular formula is C13H15BrClF3N2O. The maximum Gasteiger partial charge on any atom is 0.418 e. The van der Waals surface area contributed by atoms with Crippen LogP contribution in [0.25, 0.3) is 0 Å². The highest BCUT2D eigenvalue weighted by Gasteiger charge is 2.34. The lowest BCUT2D eigenvalue weighted by Crippen LogP contribution is -2.38. The second-order valence-corrected chi connectivity index (χ2v) is 5.70. The Labute approximate surface area is 135 Å². The average Bonchev–Trinajstić information content (AvgIpc) is 2.28. The van der Waals surface area contributed by atoms with Crippen molar-refractivity contribution in [3.8, 4) is 0 Å². The first kappa shape index (κ1) is 18.3. The van der Waals surface area contributed by atoms with Crippen LogP contribution in [0.3, 0.4) is 0 Å². The summed E-state index contributed by atoms with van der Waals surface area (Å²) in [4.78, 5) is 11.9. The fourth-order valence-electron chi connectivity index (χ4n) is 1.96. The Morgan fingerprint density at radius 3 is 2.48 bits per heavy atom. The van der Waals surface area contributed by atoms with Gasteiger partial charge < -0.3 is 11.1 Å². The summed E-state index contributed by atoms with van der Waals surface area (Å²) in [6.45, 7) is 0.0400. The normalized spacial score (nSPS) is 15.2. The van der Waals surface area contributed by atoms with Gasteiger partial charge in [-0.1, -0.05) is 6.42 Å². The average molecular weight is 388 g/mol. The summed E-state index contributed by atoms with van der Waals surface area (Å²) in [7, 11) is 0. The minimum atomic E-state index is -4.58. The van der Waals surface area contributed by atoms with Crippen LogP contribution in [-0.4, -0.2) is 18.4 Å². The van der Waals surface area contributed by atoms with Crippen LogP contribution < -0.4 is 11.1 Å². The number of halogens is 5. The molecule has 1 aromatic carbocycles. The number of nitrogens with one attached hydrogen (secondary N) is 1. The predicted molar refractivity (Wildman–Crippen MR) is 80.8 cm³/mol. The monoisotopic (exact) mass is 386 g/mol. The lowest BCUT2D eigenvalue weighted by molar-refractivity contribution is -0.136. The minimum Gasteiger partial charge on any atom is -0.397 e. The molecule has 2 rings (SSSR count). The maximum atomic E-state index is 12.8. The van der Waals surface area contributed by atoms with E-state index in [1.165, 1.54) is 6.07 Å². The number of carbonyl (C=O) groups is 1. The van der Waals surface area contributed by atoms with Gasteiger partial charge >= 0.3 is 6.18 Å². The van der Waals surface area contributed by atoms with Crippen molar-refractivity contribution in [3.63, 3.8) is 0 Å². The van der Waals surface area contributed by atoms with Crippen LogP contribution in [-0.2, 0) is 6.18 Å². The van der Waals surface area contributed by atoms with Gasteiger partial charge in [0.05, 0.1) is 17.8 Å². The first-order chi connectivity index (χ1) is 9.29. The molecule has 0 bridgehead atoms. The van der Waals surface area contributed by atoms with Gasteiger partial charge in [-0.3, -0.25) is 4.79 Å². The summed E-state index contributed by atoms with van der Waals surface area (Å²) in [5.74, 6) is -0.372. The predicted octanol–water partition coefficient (Wildman–Crippen LogP) is 3.80. The van der Waals surface area contributed by atoms with Crippen molar-refractivity contribution < 1.29 is 18.0 Å². The van der Waals surface area contributed by atoms with Crippen molar-refractivity contribution in [1.29, 1.82) is 0 Å². The zero-order chi connectivity index (χ0) is 14.9. The highest BCUT2D eigenvalue weighted by Crippen LogP contribution is 2.38. The van der Waals surface area contributed by atoms with Crippen LogP contribution >= 0.6 is 28.3 Å². The number of carbonyl (C=O) groups excluding carboxylic acids is 1. The zero-order valence-corrected chi connectivity index (χ0v) is 13.4. The molecule has 1 fully saturated rings. The molecular weight excluding hydrogens is 373 g/mol. The van der Waals surface area contributed by atoms with E-state index in [4.69, 9.17) is 5.73 Å². The van der Waals surface area contributed by atoms with Crippen molar-refractivity contribution in [1.82, 2.24) is 5.32 Å². The van der Waals surface area contributed by atoms with Crippen LogP contribution in [0.5, 0.6) is 0 Å². The Morgan fingerprint density at radius 2 is 2.00 bits per heavy atom. The third-order valence-corrected chi connectivity index (χ3v) is 4.07. The summed E-state index contributed by atoms with van der Waals surface area (Å²) in [6.07, 6.45) is -1.44. The summed E-state index contributed by atoms with van der Waals surface area (Å²) in [6, 6.07) is 2.44. The Balaban J connectivity index is 0.00000220. The number of alkyl halides is 3. The van der Waals surface area contributed by atoms with Crippen molar-refractivity contribution in [3.05, 3.63) is 27.7 Å². The number of benzene rings is 1. The Morgan fingerprint density at radius 1 is 1.38 bits per heavy atom. The summed E-state index contributed by atoms with van der Waals surface area (Å²) < 4.78 is 38.5. The van der Waals surface area contributed by atoms with E-state index >= 15 is 0 Å². The van der Waals surface area contributed by atoms with Gasteiger partial charge in [-0.25, -0.2) is 0 Å². The van der Waals surface area contributed by atoms with Gasteiger partial charge in [0.1, 0.15) is 0 Å². The van der Waals surface area contributed by atoms with E-state index in [1.54, 1.807) is 0 Å². The minimum absolute atomic E-state index is 0. The number of anilines is 1. The topological polar surface area (TPSA) is 55.1 Å². The van der Waals surface area contributed by atoms with E-state index in [1.807, 2.05) is 0 Å². The second kappa shape index (κ2) is 6.98. The Hall–Kier alpha value is -0.790. The fourth-order valence-corrected chi connectivity index (χ4v) is 2.43. The fraction of sp³-hybridized carbons (Fsp3) is 0.462. The SMILES string of the molecule is Cl.Nc1c(Br)cc(C(=O)CNC2CCC2)cc1C(F)(F)F.